The molecule has 0 spiro atoms. The number of carbonyl (C=O) groups excluding carboxylic acids is 2. The maximum Gasteiger partial charge on any atom is 0.257 e. The van der Waals surface area contributed by atoms with Crippen LogP contribution in [0.5, 0.6) is 0 Å². The fourth-order valence-electron chi connectivity index (χ4n) is 4.23. The van der Waals surface area contributed by atoms with Crippen molar-refractivity contribution in [3.8, 4) is 0 Å². The lowest BCUT2D eigenvalue weighted by Crippen LogP contribution is -2.47. The minimum absolute atomic E-state index is 0.0743. The van der Waals surface area contributed by atoms with Crippen LogP contribution in [0.15, 0.2) is 24.3 Å². The number of piperazine rings is 1. The predicted octanol–water partition coefficient (Wildman–Crippen LogP) is 3.82. The number of thiophene rings is 1. The van der Waals surface area contributed by atoms with Gasteiger partial charge in [0.2, 0.25) is 0 Å². The molecule has 1 atom stereocenters. The Labute approximate surface area is 176 Å². The van der Waals surface area contributed by atoms with Gasteiger partial charge >= 0.3 is 0 Å². The van der Waals surface area contributed by atoms with Gasteiger partial charge in [0, 0.05) is 36.6 Å². The van der Waals surface area contributed by atoms with Crippen molar-refractivity contribution < 1.29 is 9.59 Å². The fourth-order valence-corrected chi connectivity index (χ4v) is 5.63. The lowest BCUT2D eigenvalue weighted by molar-refractivity contribution is 0.0664. The van der Waals surface area contributed by atoms with Crippen molar-refractivity contribution >= 4 is 28.2 Å². The highest BCUT2D eigenvalue weighted by molar-refractivity contribution is 7.17. The molecule has 1 fully saturated rings. The van der Waals surface area contributed by atoms with Crippen molar-refractivity contribution in [1.82, 2.24) is 9.80 Å². The van der Waals surface area contributed by atoms with Crippen molar-refractivity contribution in [2.75, 3.05) is 38.5 Å². The van der Waals surface area contributed by atoms with Gasteiger partial charge in [-0.15, -0.1) is 11.3 Å². The average molecular weight is 412 g/mol. The SMILES string of the molecule is Cc1ccccc1C(=O)Nc1sc2c(c1C(=O)N1CCN(C)CC1)CC[C@@H](C)C2. The zero-order valence-corrected chi connectivity index (χ0v) is 18.3. The number of rotatable bonds is 3. The summed E-state index contributed by atoms with van der Waals surface area (Å²) in [4.78, 5) is 31.9. The molecule has 5 nitrogen and oxygen atoms in total. The van der Waals surface area contributed by atoms with Crippen LogP contribution in [0, 0.1) is 12.8 Å². The first-order chi connectivity index (χ1) is 13.9. The second-order valence-corrected chi connectivity index (χ2v) is 9.53. The lowest BCUT2D eigenvalue weighted by atomic mass is 9.88. The maximum absolute atomic E-state index is 13.5. The monoisotopic (exact) mass is 411 g/mol. The van der Waals surface area contributed by atoms with Crippen LogP contribution in [0.1, 0.15) is 50.1 Å². The van der Waals surface area contributed by atoms with E-state index in [1.54, 1.807) is 11.3 Å². The van der Waals surface area contributed by atoms with E-state index in [4.69, 9.17) is 0 Å². The molecular weight excluding hydrogens is 382 g/mol. The Balaban J connectivity index is 1.67. The molecule has 4 rings (SSSR count). The molecule has 0 bridgehead atoms. The number of aryl methyl sites for hydroxylation is 1. The number of benzene rings is 1. The standard InChI is InChI=1S/C23H29N3O2S/c1-15-8-9-18-19(14-15)29-22(24-21(27)17-7-5-4-6-16(17)2)20(18)23(28)26-12-10-25(3)11-13-26/h4-7,15H,8-14H2,1-3H3,(H,24,27)/t15-/m1/s1. The van der Waals surface area contributed by atoms with E-state index in [0.717, 1.165) is 67.1 Å². The Kier molecular flexibility index (Phi) is 5.74. The topological polar surface area (TPSA) is 52.7 Å². The van der Waals surface area contributed by atoms with Crippen LogP contribution in [-0.2, 0) is 12.8 Å². The molecule has 2 aliphatic rings. The third-order valence-corrected chi connectivity index (χ3v) is 7.30. The molecule has 2 heterocycles. The number of nitrogens with zero attached hydrogens (tertiary/aromatic N) is 2. The Morgan fingerprint density at radius 2 is 1.86 bits per heavy atom. The van der Waals surface area contributed by atoms with Crippen LogP contribution in [0.2, 0.25) is 0 Å². The number of fused-ring (bicyclic) bond motifs is 1. The summed E-state index contributed by atoms with van der Waals surface area (Å²) < 4.78 is 0. The van der Waals surface area contributed by atoms with E-state index in [2.05, 4.69) is 24.2 Å². The zero-order valence-electron chi connectivity index (χ0n) is 17.5. The largest absolute Gasteiger partial charge is 0.336 e. The highest BCUT2D eigenvalue weighted by Crippen LogP contribution is 2.40. The Bertz CT molecular complexity index is 928. The molecule has 2 aromatic rings. The van der Waals surface area contributed by atoms with Gasteiger partial charge in [0.05, 0.1) is 5.56 Å². The second-order valence-electron chi connectivity index (χ2n) is 8.42. The van der Waals surface area contributed by atoms with E-state index in [9.17, 15) is 9.59 Å². The average Bonchev–Trinajstić information content (AvgIpc) is 3.05. The number of likely N-dealkylation sites (N-methyl/N-ethyl adjacent to an activating group) is 1. The van der Waals surface area contributed by atoms with Gasteiger partial charge in [-0.25, -0.2) is 0 Å². The van der Waals surface area contributed by atoms with Crippen LogP contribution in [-0.4, -0.2) is 54.8 Å². The van der Waals surface area contributed by atoms with E-state index >= 15 is 0 Å². The molecule has 2 amide bonds. The van der Waals surface area contributed by atoms with E-state index in [-0.39, 0.29) is 11.8 Å². The first kappa shape index (κ1) is 20.1. The van der Waals surface area contributed by atoms with Crippen molar-refractivity contribution in [2.24, 2.45) is 5.92 Å². The zero-order chi connectivity index (χ0) is 20.5. The van der Waals surface area contributed by atoms with Crippen molar-refractivity contribution in [3.63, 3.8) is 0 Å². The molecule has 154 valence electrons. The third kappa shape index (κ3) is 4.09. The molecule has 6 heteroatoms. The molecule has 1 aromatic carbocycles. The molecule has 1 saturated heterocycles. The molecule has 1 aliphatic carbocycles. The number of nitrogens with one attached hydrogen (secondary N) is 1. The molecule has 29 heavy (non-hydrogen) atoms. The Morgan fingerprint density at radius 3 is 2.59 bits per heavy atom. The van der Waals surface area contributed by atoms with Crippen molar-refractivity contribution in [1.29, 1.82) is 0 Å². The summed E-state index contributed by atoms with van der Waals surface area (Å²) in [7, 11) is 2.09. The van der Waals surface area contributed by atoms with Crippen LogP contribution >= 0.6 is 11.3 Å². The van der Waals surface area contributed by atoms with E-state index in [0.29, 0.717) is 11.5 Å². The summed E-state index contributed by atoms with van der Waals surface area (Å²) in [5.74, 6) is 0.556. The molecule has 1 N–H and O–H groups in total. The van der Waals surface area contributed by atoms with Gasteiger partial charge in [0.1, 0.15) is 5.00 Å². The van der Waals surface area contributed by atoms with Gasteiger partial charge < -0.3 is 15.1 Å². The molecular formula is C23H29N3O2S. The molecule has 0 saturated carbocycles. The minimum atomic E-state index is -0.137. The minimum Gasteiger partial charge on any atom is -0.336 e. The second kappa shape index (κ2) is 8.28. The maximum atomic E-state index is 13.5. The number of carbonyl (C=O) groups is 2. The smallest absolute Gasteiger partial charge is 0.257 e. The van der Waals surface area contributed by atoms with Crippen LogP contribution in [0.25, 0.3) is 0 Å². The van der Waals surface area contributed by atoms with E-state index in [1.807, 2.05) is 36.1 Å². The number of hydrogen-bond acceptors (Lipinski definition) is 4. The Morgan fingerprint density at radius 1 is 1.14 bits per heavy atom. The molecule has 1 aromatic heterocycles. The quantitative estimate of drug-likeness (QED) is 0.835. The van der Waals surface area contributed by atoms with Crippen molar-refractivity contribution in [2.45, 2.75) is 33.1 Å². The fraction of sp³-hybridized carbons (Fsp3) is 0.478. The van der Waals surface area contributed by atoms with Crippen LogP contribution in [0.3, 0.4) is 0 Å². The van der Waals surface area contributed by atoms with Crippen molar-refractivity contribution in [3.05, 3.63) is 51.4 Å². The normalized spacial score (nSPS) is 19.7. The van der Waals surface area contributed by atoms with Gasteiger partial charge in [0.25, 0.3) is 11.8 Å². The van der Waals surface area contributed by atoms with Gasteiger partial charge in [-0.1, -0.05) is 25.1 Å². The summed E-state index contributed by atoms with van der Waals surface area (Å²) in [5, 5.41) is 3.81. The first-order valence-electron chi connectivity index (χ1n) is 10.4. The van der Waals surface area contributed by atoms with Gasteiger partial charge in [-0.3, -0.25) is 9.59 Å². The van der Waals surface area contributed by atoms with E-state index in [1.165, 1.54) is 4.88 Å². The number of hydrogen-bond donors (Lipinski definition) is 1. The first-order valence-corrected chi connectivity index (χ1v) is 11.2. The predicted molar refractivity (Wildman–Crippen MR) is 118 cm³/mol. The van der Waals surface area contributed by atoms with Gasteiger partial charge in [-0.2, -0.15) is 0 Å². The lowest BCUT2D eigenvalue weighted by Gasteiger charge is -2.33. The highest BCUT2D eigenvalue weighted by atomic mass is 32.1. The summed E-state index contributed by atoms with van der Waals surface area (Å²) >= 11 is 1.60. The highest BCUT2D eigenvalue weighted by Gasteiger charge is 2.31. The van der Waals surface area contributed by atoms with Crippen LogP contribution in [0.4, 0.5) is 5.00 Å². The molecule has 0 radical (unpaired) electrons. The summed E-state index contributed by atoms with van der Waals surface area (Å²) in [6.07, 6.45) is 3.00. The summed E-state index contributed by atoms with van der Waals surface area (Å²) in [6, 6.07) is 7.58. The third-order valence-electron chi connectivity index (χ3n) is 6.13. The van der Waals surface area contributed by atoms with Gasteiger partial charge in [-0.05, 0) is 56.3 Å². The Hall–Kier alpha value is -2.18. The van der Waals surface area contributed by atoms with E-state index < -0.39 is 0 Å². The molecule has 1 aliphatic heterocycles. The molecule has 0 unspecified atom stereocenters. The number of amides is 2. The van der Waals surface area contributed by atoms with Crippen LogP contribution < -0.4 is 5.32 Å². The summed E-state index contributed by atoms with van der Waals surface area (Å²) in [5.41, 5.74) is 3.50. The number of anilines is 1. The summed E-state index contributed by atoms with van der Waals surface area (Å²) in [6.45, 7) is 7.45. The van der Waals surface area contributed by atoms with Gasteiger partial charge in [0.15, 0.2) is 0 Å².